The summed E-state index contributed by atoms with van der Waals surface area (Å²) in [5.74, 6) is -0.470. The van der Waals surface area contributed by atoms with Crippen molar-refractivity contribution in [2.24, 2.45) is 0 Å². The van der Waals surface area contributed by atoms with Gasteiger partial charge in [0.25, 0.3) is 11.8 Å². The first-order chi connectivity index (χ1) is 15.3. The summed E-state index contributed by atoms with van der Waals surface area (Å²) in [6.07, 6.45) is 0. The lowest BCUT2D eigenvalue weighted by molar-refractivity contribution is -0.120. The molecule has 5 nitrogen and oxygen atoms in total. The monoisotopic (exact) mass is 466 g/mol. The van der Waals surface area contributed by atoms with Crippen LogP contribution in [-0.2, 0) is 9.59 Å². The summed E-state index contributed by atoms with van der Waals surface area (Å²) in [5.41, 5.74) is 3.92. The number of halogens is 2. The number of carbonyl (C=O) groups excluding carboxylic acids is 2. The molecule has 7 heteroatoms. The van der Waals surface area contributed by atoms with Gasteiger partial charge in [-0.25, -0.2) is 4.90 Å². The van der Waals surface area contributed by atoms with Crippen molar-refractivity contribution in [2.45, 2.75) is 13.8 Å². The minimum atomic E-state index is -0.480. The van der Waals surface area contributed by atoms with Gasteiger partial charge >= 0.3 is 0 Å². The van der Waals surface area contributed by atoms with Crippen LogP contribution in [0.3, 0.4) is 0 Å². The summed E-state index contributed by atoms with van der Waals surface area (Å²) < 4.78 is 5.19. The smallest absolute Gasteiger partial charge is 0.282 e. The van der Waals surface area contributed by atoms with Crippen molar-refractivity contribution in [1.82, 2.24) is 0 Å². The maximum atomic E-state index is 13.5. The third kappa shape index (κ3) is 3.85. The topological polar surface area (TPSA) is 58.6 Å². The summed E-state index contributed by atoms with van der Waals surface area (Å²) in [6, 6.07) is 17.6. The number of aryl methyl sites for hydroxylation is 1. The molecule has 1 aliphatic rings. The van der Waals surface area contributed by atoms with Gasteiger partial charge in [-0.1, -0.05) is 59.1 Å². The van der Waals surface area contributed by atoms with Crippen LogP contribution in [0.5, 0.6) is 5.75 Å². The van der Waals surface area contributed by atoms with Gasteiger partial charge < -0.3 is 10.1 Å². The molecule has 0 saturated carbocycles. The van der Waals surface area contributed by atoms with E-state index in [0.29, 0.717) is 32.7 Å². The zero-order valence-corrected chi connectivity index (χ0v) is 19.2. The van der Waals surface area contributed by atoms with Crippen LogP contribution < -0.4 is 15.0 Å². The third-order valence-electron chi connectivity index (χ3n) is 5.35. The Labute approximate surface area is 196 Å². The van der Waals surface area contributed by atoms with Crippen LogP contribution in [0.15, 0.2) is 66.4 Å². The highest BCUT2D eigenvalue weighted by atomic mass is 35.5. The summed E-state index contributed by atoms with van der Waals surface area (Å²) in [4.78, 5) is 28.2. The fourth-order valence-electron chi connectivity index (χ4n) is 3.54. The molecule has 0 fully saturated rings. The predicted molar refractivity (Wildman–Crippen MR) is 128 cm³/mol. The second kappa shape index (κ2) is 8.69. The molecule has 0 bridgehead atoms. The Balaban J connectivity index is 1.84. The lowest BCUT2D eigenvalue weighted by atomic mass is 10.0. The number of nitrogens with zero attached hydrogens (tertiary/aromatic N) is 1. The predicted octanol–water partition coefficient (Wildman–Crippen LogP) is 6.02. The van der Waals surface area contributed by atoms with Crippen molar-refractivity contribution in [3.05, 3.63) is 93.1 Å². The number of methoxy groups -OCH3 is 1. The third-order valence-corrected chi connectivity index (χ3v) is 6.05. The van der Waals surface area contributed by atoms with E-state index < -0.39 is 11.8 Å². The van der Waals surface area contributed by atoms with E-state index in [-0.39, 0.29) is 11.3 Å². The quantitative estimate of drug-likeness (QED) is 0.467. The summed E-state index contributed by atoms with van der Waals surface area (Å²) in [6.45, 7) is 3.80. The Hall–Kier alpha value is -3.28. The molecular weight excluding hydrogens is 447 g/mol. The molecule has 0 atom stereocenters. The molecule has 3 aromatic rings. The van der Waals surface area contributed by atoms with Gasteiger partial charge in [0.1, 0.15) is 11.4 Å². The first-order valence-electron chi connectivity index (χ1n) is 9.87. The number of ether oxygens (including phenoxy) is 1. The Morgan fingerprint density at radius 2 is 1.59 bits per heavy atom. The van der Waals surface area contributed by atoms with Crippen LogP contribution in [0.2, 0.25) is 10.0 Å². The van der Waals surface area contributed by atoms with E-state index in [1.807, 2.05) is 44.2 Å². The van der Waals surface area contributed by atoms with Crippen LogP contribution >= 0.6 is 23.2 Å². The summed E-state index contributed by atoms with van der Waals surface area (Å²) >= 11 is 12.5. The van der Waals surface area contributed by atoms with Crippen molar-refractivity contribution in [2.75, 3.05) is 17.3 Å². The number of rotatable bonds is 5. The highest BCUT2D eigenvalue weighted by Crippen LogP contribution is 2.37. The number of benzene rings is 3. The number of carbonyl (C=O) groups is 2. The van der Waals surface area contributed by atoms with Crippen LogP contribution in [0, 0.1) is 13.8 Å². The minimum absolute atomic E-state index is 0.177. The Bertz CT molecular complexity index is 1270. The molecule has 1 heterocycles. The Morgan fingerprint density at radius 1 is 0.875 bits per heavy atom. The molecule has 1 aliphatic heterocycles. The number of imide groups is 1. The van der Waals surface area contributed by atoms with E-state index in [0.717, 1.165) is 16.0 Å². The van der Waals surface area contributed by atoms with Gasteiger partial charge in [-0.2, -0.15) is 0 Å². The van der Waals surface area contributed by atoms with E-state index in [9.17, 15) is 9.59 Å². The summed E-state index contributed by atoms with van der Waals surface area (Å²) in [5, 5.41) is 4.01. The highest BCUT2D eigenvalue weighted by molar-refractivity contribution is 6.46. The van der Waals surface area contributed by atoms with Gasteiger partial charge in [-0.15, -0.1) is 0 Å². The number of anilines is 2. The fraction of sp³-hybridized carbons (Fsp3) is 0.120. The maximum Gasteiger partial charge on any atom is 0.282 e. The van der Waals surface area contributed by atoms with Crippen LogP contribution in [0.25, 0.3) is 5.57 Å². The minimum Gasteiger partial charge on any atom is -0.495 e. The molecule has 0 aliphatic carbocycles. The zero-order chi connectivity index (χ0) is 23.0. The van der Waals surface area contributed by atoms with Crippen molar-refractivity contribution in [3.63, 3.8) is 0 Å². The number of hydrogen-bond acceptors (Lipinski definition) is 4. The van der Waals surface area contributed by atoms with Crippen molar-refractivity contribution in [1.29, 1.82) is 0 Å². The van der Waals surface area contributed by atoms with E-state index in [1.54, 1.807) is 24.3 Å². The molecule has 0 spiro atoms. The molecule has 0 saturated heterocycles. The van der Waals surface area contributed by atoms with Crippen molar-refractivity contribution < 1.29 is 14.3 Å². The van der Waals surface area contributed by atoms with Gasteiger partial charge in [-0.3, -0.25) is 9.59 Å². The number of amides is 2. The van der Waals surface area contributed by atoms with Crippen LogP contribution in [-0.4, -0.2) is 18.9 Å². The maximum absolute atomic E-state index is 13.5. The second-order valence-corrected chi connectivity index (χ2v) is 8.23. The average Bonchev–Trinajstić information content (AvgIpc) is 3.01. The largest absolute Gasteiger partial charge is 0.495 e. The van der Waals surface area contributed by atoms with Gasteiger partial charge in [0, 0.05) is 10.7 Å². The summed E-state index contributed by atoms with van der Waals surface area (Å²) in [7, 11) is 1.50. The van der Waals surface area contributed by atoms with Gasteiger partial charge in [0.2, 0.25) is 0 Å². The first kappa shape index (κ1) is 21.9. The first-order valence-corrected chi connectivity index (χ1v) is 10.6. The van der Waals surface area contributed by atoms with Crippen molar-refractivity contribution >= 4 is 52.0 Å². The van der Waals surface area contributed by atoms with E-state index in [1.165, 1.54) is 13.2 Å². The molecule has 0 aromatic heterocycles. The molecule has 3 aromatic carbocycles. The molecular formula is C25H20Cl2N2O3. The van der Waals surface area contributed by atoms with Crippen LogP contribution in [0.1, 0.15) is 16.7 Å². The molecule has 32 heavy (non-hydrogen) atoms. The Kier molecular flexibility index (Phi) is 5.96. The molecule has 4 rings (SSSR count). The molecule has 2 amide bonds. The number of hydrogen-bond donors (Lipinski definition) is 1. The standard InChI is InChI=1S/C25H20Cl2N2O3/c1-14-7-9-16(10-8-14)22-23(28-20-6-4-5-18(26)15(20)2)25(31)29(24(22)30)17-11-12-21(32-3)19(27)13-17/h4-13,28H,1-3H3. The van der Waals surface area contributed by atoms with E-state index in [2.05, 4.69) is 5.32 Å². The lowest BCUT2D eigenvalue weighted by Crippen LogP contribution is -2.32. The molecule has 162 valence electrons. The van der Waals surface area contributed by atoms with E-state index in [4.69, 9.17) is 27.9 Å². The van der Waals surface area contributed by atoms with E-state index >= 15 is 0 Å². The Morgan fingerprint density at radius 3 is 2.25 bits per heavy atom. The highest BCUT2D eigenvalue weighted by Gasteiger charge is 2.40. The van der Waals surface area contributed by atoms with Crippen LogP contribution in [0.4, 0.5) is 11.4 Å². The normalized spacial score (nSPS) is 13.7. The van der Waals surface area contributed by atoms with Gasteiger partial charge in [0.05, 0.1) is 23.4 Å². The van der Waals surface area contributed by atoms with Crippen molar-refractivity contribution in [3.8, 4) is 5.75 Å². The average molecular weight is 467 g/mol. The molecule has 0 unspecified atom stereocenters. The molecule has 1 N–H and O–H groups in total. The second-order valence-electron chi connectivity index (χ2n) is 7.42. The van der Waals surface area contributed by atoms with Gasteiger partial charge in [-0.05, 0) is 55.3 Å². The zero-order valence-electron chi connectivity index (χ0n) is 17.7. The fourth-order valence-corrected chi connectivity index (χ4v) is 3.97. The lowest BCUT2D eigenvalue weighted by Gasteiger charge is -2.17. The van der Waals surface area contributed by atoms with Gasteiger partial charge in [0.15, 0.2) is 0 Å². The number of nitrogens with one attached hydrogen (secondary N) is 1. The molecule has 0 radical (unpaired) electrons. The SMILES string of the molecule is COc1ccc(N2C(=O)C(Nc3cccc(Cl)c3C)=C(c3ccc(C)cc3)C2=O)cc1Cl.